The van der Waals surface area contributed by atoms with E-state index in [1.807, 2.05) is 12.2 Å². The van der Waals surface area contributed by atoms with Crippen LogP contribution in [0.1, 0.15) is 6.92 Å². The van der Waals surface area contributed by atoms with E-state index in [0.29, 0.717) is 5.92 Å². The van der Waals surface area contributed by atoms with Crippen molar-refractivity contribution >= 4 is 19.2 Å². The fraction of sp³-hybridized carbons (Fsp3) is 0.500. The molecule has 0 N–H and O–H groups in total. The zero-order chi connectivity index (χ0) is 7.98. The van der Waals surface area contributed by atoms with E-state index in [2.05, 4.69) is 20.1 Å². The van der Waals surface area contributed by atoms with Crippen LogP contribution in [0.15, 0.2) is 25.3 Å². The second-order valence-corrected chi connectivity index (χ2v) is 6.71. The predicted octanol–water partition coefficient (Wildman–Crippen LogP) is 2.96. The molecule has 0 spiro atoms. The van der Waals surface area contributed by atoms with Crippen molar-refractivity contribution in [2.45, 2.75) is 19.0 Å². The molecule has 0 aromatic rings. The molecule has 0 nitrogen and oxygen atoms in total. The average Bonchev–Trinajstić information content (AvgIpc) is 1.99. The van der Waals surface area contributed by atoms with Crippen molar-refractivity contribution in [1.82, 2.24) is 0 Å². The van der Waals surface area contributed by atoms with E-state index in [9.17, 15) is 0 Å². The van der Waals surface area contributed by atoms with Crippen molar-refractivity contribution in [1.29, 1.82) is 0 Å². The van der Waals surface area contributed by atoms with Crippen LogP contribution in [0.5, 0.6) is 0 Å². The van der Waals surface area contributed by atoms with Gasteiger partial charge in [-0.25, -0.2) is 0 Å². The lowest BCUT2D eigenvalue weighted by Crippen LogP contribution is -2.05. The maximum Gasteiger partial charge on any atom is 0.141 e. The number of halogens is 1. The second-order valence-electron chi connectivity index (χ2n) is 2.38. The van der Waals surface area contributed by atoms with Crippen LogP contribution in [0.2, 0.25) is 12.1 Å². The van der Waals surface area contributed by atoms with Crippen LogP contribution in [-0.2, 0) is 0 Å². The number of hydrogen-bond donors (Lipinski definition) is 0. The van der Waals surface area contributed by atoms with Crippen molar-refractivity contribution in [2.75, 3.05) is 0 Å². The van der Waals surface area contributed by atoms with Crippen molar-refractivity contribution in [3.05, 3.63) is 25.3 Å². The molecule has 58 valence electrons. The summed E-state index contributed by atoms with van der Waals surface area (Å²) < 4.78 is 0. The van der Waals surface area contributed by atoms with Gasteiger partial charge in [-0.2, -0.15) is 11.1 Å². The summed E-state index contributed by atoms with van der Waals surface area (Å²) >= 11 is 6.06. The van der Waals surface area contributed by atoms with Gasteiger partial charge >= 0.3 is 0 Å². The van der Waals surface area contributed by atoms with E-state index in [4.69, 9.17) is 11.1 Å². The predicted molar refractivity (Wildman–Crippen MR) is 52.2 cm³/mol. The van der Waals surface area contributed by atoms with Crippen LogP contribution in [0.25, 0.3) is 0 Å². The topological polar surface area (TPSA) is 0 Å². The fourth-order valence-electron chi connectivity index (χ4n) is 0.751. The lowest BCUT2D eigenvalue weighted by Gasteiger charge is -2.08. The Labute approximate surface area is 69.9 Å². The van der Waals surface area contributed by atoms with Gasteiger partial charge in [0.15, 0.2) is 0 Å². The largest absolute Gasteiger partial charge is 0.172 e. The molecule has 0 amide bonds. The first-order valence-electron chi connectivity index (χ1n) is 3.63. The van der Waals surface area contributed by atoms with Crippen LogP contribution in [0, 0.1) is 5.92 Å². The number of rotatable bonds is 5. The molecule has 0 aromatic carbocycles. The fourth-order valence-corrected chi connectivity index (χ4v) is 2.68. The minimum atomic E-state index is -0.945. The lowest BCUT2D eigenvalue weighted by atomic mass is 10.2. The molecule has 0 aliphatic rings. The summed E-state index contributed by atoms with van der Waals surface area (Å²) in [6.45, 7) is 9.57. The minimum absolute atomic E-state index is 0.439. The van der Waals surface area contributed by atoms with Crippen molar-refractivity contribution in [3.63, 3.8) is 0 Å². The lowest BCUT2D eigenvalue weighted by molar-refractivity contribution is 0.929. The van der Waals surface area contributed by atoms with E-state index in [0.717, 1.165) is 12.1 Å². The summed E-state index contributed by atoms with van der Waals surface area (Å²) in [7, 11) is -0.945. The molecule has 0 rings (SSSR count). The molecule has 2 heteroatoms. The van der Waals surface area contributed by atoms with Crippen molar-refractivity contribution in [3.8, 4) is 0 Å². The molecule has 0 aliphatic heterocycles. The third-order valence-corrected chi connectivity index (χ3v) is 4.98. The quantitative estimate of drug-likeness (QED) is 0.342. The second kappa shape index (κ2) is 5.75. The molecular formula is C8H15ClSi. The molecule has 0 radical (unpaired) electrons. The third-order valence-electron chi connectivity index (χ3n) is 1.58. The Morgan fingerprint density at radius 3 is 2.30 bits per heavy atom. The summed E-state index contributed by atoms with van der Waals surface area (Å²) in [6.07, 6.45) is 3.84. The summed E-state index contributed by atoms with van der Waals surface area (Å²) in [4.78, 5) is 0. The van der Waals surface area contributed by atoms with E-state index in [-0.39, 0.29) is 0 Å². The summed E-state index contributed by atoms with van der Waals surface area (Å²) in [6, 6.07) is 2.25. The minimum Gasteiger partial charge on any atom is -0.172 e. The molecule has 10 heavy (non-hydrogen) atoms. The van der Waals surface area contributed by atoms with Gasteiger partial charge in [0.1, 0.15) is 8.11 Å². The zero-order valence-corrected chi connectivity index (χ0v) is 8.43. The van der Waals surface area contributed by atoms with E-state index >= 15 is 0 Å². The van der Waals surface area contributed by atoms with E-state index in [1.54, 1.807) is 0 Å². The van der Waals surface area contributed by atoms with Gasteiger partial charge in [-0.3, -0.25) is 0 Å². The van der Waals surface area contributed by atoms with Gasteiger partial charge in [-0.15, -0.1) is 13.2 Å². The highest BCUT2D eigenvalue weighted by Crippen LogP contribution is 2.14. The maximum atomic E-state index is 6.06. The Balaban J connectivity index is 3.61. The molecule has 0 heterocycles. The molecular weight excluding hydrogens is 160 g/mol. The molecule has 0 aromatic heterocycles. The van der Waals surface area contributed by atoms with Gasteiger partial charge in [0, 0.05) is 0 Å². The zero-order valence-electron chi connectivity index (χ0n) is 6.52. The average molecular weight is 175 g/mol. The molecule has 0 saturated heterocycles. The van der Waals surface area contributed by atoms with Gasteiger partial charge in [0.05, 0.1) is 0 Å². The highest BCUT2D eigenvalue weighted by atomic mass is 35.6. The molecule has 0 aliphatic carbocycles. The Morgan fingerprint density at radius 2 is 2.00 bits per heavy atom. The molecule has 1 unspecified atom stereocenters. The Bertz CT molecular complexity index is 104. The summed E-state index contributed by atoms with van der Waals surface area (Å²) in [5, 5.41) is 0. The molecule has 0 fully saturated rings. The summed E-state index contributed by atoms with van der Waals surface area (Å²) in [5.41, 5.74) is 0. The number of hydrogen-bond acceptors (Lipinski definition) is 0. The van der Waals surface area contributed by atoms with Crippen molar-refractivity contribution < 1.29 is 0 Å². The van der Waals surface area contributed by atoms with Crippen LogP contribution in [0.4, 0.5) is 0 Å². The van der Waals surface area contributed by atoms with Crippen LogP contribution in [-0.4, -0.2) is 8.11 Å². The summed E-state index contributed by atoms with van der Waals surface area (Å²) in [5.74, 6) is 0.439. The normalized spacial score (nSPS) is 13.1. The monoisotopic (exact) mass is 174 g/mol. The Kier molecular flexibility index (Phi) is 5.74. The smallest absolute Gasteiger partial charge is 0.141 e. The van der Waals surface area contributed by atoms with Gasteiger partial charge in [0.2, 0.25) is 0 Å². The molecule has 1 atom stereocenters. The molecule has 0 bridgehead atoms. The standard InChI is InChI=1S/C8H15ClSi/c1-4-8(5-2)7-10(9)6-3/h4-5,8,10H,1-2,6-7H2,3H3. The first-order valence-corrected chi connectivity index (χ1v) is 7.01. The third kappa shape index (κ3) is 3.91. The van der Waals surface area contributed by atoms with E-state index in [1.165, 1.54) is 0 Å². The first kappa shape index (κ1) is 9.99. The maximum absolute atomic E-state index is 6.06. The van der Waals surface area contributed by atoms with Crippen LogP contribution >= 0.6 is 11.1 Å². The van der Waals surface area contributed by atoms with E-state index < -0.39 is 8.11 Å². The first-order chi connectivity index (χ1) is 4.74. The van der Waals surface area contributed by atoms with Gasteiger partial charge in [-0.05, 0) is 18.0 Å². The van der Waals surface area contributed by atoms with Gasteiger partial charge in [0.25, 0.3) is 0 Å². The highest BCUT2D eigenvalue weighted by Gasteiger charge is 2.07. The van der Waals surface area contributed by atoms with Gasteiger partial charge in [-0.1, -0.05) is 19.1 Å². The van der Waals surface area contributed by atoms with Crippen molar-refractivity contribution in [2.24, 2.45) is 5.92 Å². The SMILES string of the molecule is C=CC(C=C)C[SiH](Cl)CC. The Hall–Kier alpha value is -0.0131. The molecule has 0 saturated carbocycles. The highest BCUT2D eigenvalue weighted by molar-refractivity contribution is 7.06. The van der Waals surface area contributed by atoms with Crippen LogP contribution < -0.4 is 0 Å². The Morgan fingerprint density at radius 1 is 1.50 bits per heavy atom. The van der Waals surface area contributed by atoms with Gasteiger partial charge < -0.3 is 0 Å². The number of allylic oxidation sites excluding steroid dienone is 2. The van der Waals surface area contributed by atoms with Crippen LogP contribution in [0.3, 0.4) is 0 Å².